The second kappa shape index (κ2) is 21.8. The summed E-state index contributed by atoms with van der Waals surface area (Å²) in [5, 5.41) is 3.37. The van der Waals surface area contributed by atoms with Gasteiger partial charge in [0.05, 0.1) is 20.3 Å². The van der Waals surface area contributed by atoms with Crippen LogP contribution in [-0.2, 0) is 26.5 Å². The Bertz CT molecular complexity index is 1410. The molecule has 1 fully saturated rings. The van der Waals surface area contributed by atoms with Gasteiger partial charge in [-0.25, -0.2) is 0 Å². The molecule has 0 aliphatic carbocycles. The van der Waals surface area contributed by atoms with Gasteiger partial charge in [0.25, 0.3) is 0 Å². The Hall–Kier alpha value is -2.53. The van der Waals surface area contributed by atoms with Crippen molar-refractivity contribution in [1.82, 2.24) is 10.2 Å². The van der Waals surface area contributed by atoms with E-state index in [2.05, 4.69) is 131 Å². The topological polar surface area (TPSA) is 50.6 Å². The van der Waals surface area contributed by atoms with Crippen molar-refractivity contribution >= 4 is 5.91 Å². The SMILES string of the molecule is CCCCCCCCCCCCCCC[C@H]1[C@H](C(=O)NCCCC)N1C(c1cc(C(C)(C)C)c(OC)c(C(C)(C)C)c1)c1cc(C(C)(C)C)c(OC)c(C(C)(C)C)c1. The van der Waals surface area contributed by atoms with Crippen molar-refractivity contribution in [2.45, 2.75) is 239 Å². The van der Waals surface area contributed by atoms with E-state index in [1.807, 2.05) is 14.2 Å². The predicted molar refractivity (Wildman–Crippen MR) is 250 cm³/mol. The summed E-state index contributed by atoms with van der Waals surface area (Å²) in [7, 11) is 3.64. The summed E-state index contributed by atoms with van der Waals surface area (Å²) in [6.07, 6.45) is 20.5. The van der Waals surface area contributed by atoms with Gasteiger partial charge in [-0.1, -0.05) is 187 Å². The van der Waals surface area contributed by atoms with Gasteiger partial charge in [0.15, 0.2) is 0 Å². The molecule has 0 aromatic heterocycles. The number of hydrogen-bond donors (Lipinski definition) is 1. The maximum atomic E-state index is 14.3. The van der Waals surface area contributed by atoms with Gasteiger partial charge in [-0.15, -0.1) is 0 Å². The van der Waals surface area contributed by atoms with Crippen molar-refractivity contribution in [3.63, 3.8) is 0 Å². The lowest BCUT2D eigenvalue weighted by Crippen LogP contribution is -2.32. The molecule has 1 amide bonds. The molecule has 3 rings (SSSR count). The van der Waals surface area contributed by atoms with Gasteiger partial charge in [0.1, 0.15) is 17.5 Å². The zero-order chi connectivity index (χ0) is 43.5. The molecule has 2 aromatic carbocycles. The van der Waals surface area contributed by atoms with Crippen LogP contribution in [0.15, 0.2) is 24.3 Å². The quantitative estimate of drug-likeness (QED) is 0.0898. The molecule has 58 heavy (non-hydrogen) atoms. The van der Waals surface area contributed by atoms with E-state index < -0.39 is 0 Å². The number of amides is 1. The van der Waals surface area contributed by atoms with Crippen LogP contribution >= 0.6 is 0 Å². The van der Waals surface area contributed by atoms with Crippen LogP contribution in [0.3, 0.4) is 0 Å². The standard InChI is InChI=1S/C53H90N2O3/c1-17-19-21-22-23-24-25-26-27-28-29-30-31-32-44-46(49(56)54-33-20-18-2)55(44)45(38-34-40(50(3,4)5)47(57-15)41(35-38)51(6,7)8)39-36-42(52(9,10)11)48(58-16)43(37-39)53(12,13)14/h34-37,44-46H,17-33H2,1-16H3,(H,54,56)/t44-,46+,55?/m0/s1. The Morgan fingerprint density at radius 2 is 0.879 bits per heavy atom. The van der Waals surface area contributed by atoms with Gasteiger partial charge in [0.2, 0.25) is 5.91 Å². The number of benzene rings is 2. The van der Waals surface area contributed by atoms with E-state index in [-0.39, 0.29) is 45.7 Å². The number of nitrogens with one attached hydrogen (secondary N) is 1. The van der Waals surface area contributed by atoms with Gasteiger partial charge < -0.3 is 14.8 Å². The van der Waals surface area contributed by atoms with Crippen molar-refractivity contribution in [3.05, 3.63) is 57.6 Å². The second-order valence-corrected chi connectivity index (χ2v) is 21.8. The first-order chi connectivity index (χ1) is 27.1. The molecule has 0 saturated carbocycles. The van der Waals surface area contributed by atoms with Crippen molar-refractivity contribution in [2.24, 2.45) is 0 Å². The van der Waals surface area contributed by atoms with Crippen LogP contribution < -0.4 is 14.8 Å². The summed E-state index contributed by atoms with van der Waals surface area (Å²) in [5.41, 5.74) is 6.71. The zero-order valence-corrected chi connectivity index (χ0v) is 40.7. The first-order valence-electron chi connectivity index (χ1n) is 23.6. The van der Waals surface area contributed by atoms with Crippen molar-refractivity contribution in [2.75, 3.05) is 20.8 Å². The van der Waals surface area contributed by atoms with E-state index in [1.54, 1.807) is 0 Å². The Labute approximate surface area is 358 Å². The lowest BCUT2D eigenvalue weighted by Gasteiger charge is -2.34. The molecule has 3 atom stereocenters. The normalized spacial score (nSPS) is 17.5. The number of carbonyl (C=O) groups excluding carboxylic acids is 1. The second-order valence-electron chi connectivity index (χ2n) is 21.8. The lowest BCUT2D eigenvalue weighted by molar-refractivity contribution is -0.121. The number of carbonyl (C=O) groups is 1. The fourth-order valence-electron chi connectivity index (χ4n) is 8.96. The van der Waals surface area contributed by atoms with Crippen LogP contribution in [0.25, 0.3) is 0 Å². The molecule has 0 radical (unpaired) electrons. The molecule has 330 valence electrons. The van der Waals surface area contributed by atoms with Crippen molar-refractivity contribution < 1.29 is 14.3 Å². The summed E-state index contributed by atoms with van der Waals surface area (Å²) < 4.78 is 12.6. The fraction of sp³-hybridized carbons (Fsp3) is 0.755. The van der Waals surface area contributed by atoms with Gasteiger partial charge >= 0.3 is 0 Å². The number of hydrogen-bond acceptors (Lipinski definition) is 4. The Morgan fingerprint density at radius 1 is 0.552 bits per heavy atom. The molecular formula is C53H90N2O3. The molecule has 1 N–H and O–H groups in total. The molecular weight excluding hydrogens is 713 g/mol. The van der Waals surface area contributed by atoms with E-state index >= 15 is 0 Å². The average molecular weight is 803 g/mol. The summed E-state index contributed by atoms with van der Waals surface area (Å²) in [4.78, 5) is 16.9. The zero-order valence-electron chi connectivity index (χ0n) is 40.7. The molecule has 5 nitrogen and oxygen atoms in total. The van der Waals surface area contributed by atoms with Crippen LogP contribution in [-0.4, -0.2) is 43.7 Å². The van der Waals surface area contributed by atoms with E-state index in [0.29, 0.717) is 0 Å². The Kier molecular flexibility index (Phi) is 18.8. The molecule has 1 heterocycles. The van der Waals surface area contributed by atoms with Gasteiger partial charge in [-0.2, -0.15) is 0 Å². The van der Waals surface area contributed by atoms with Gasteiger partial charge in [-0.05, 0) is 69.9 Å². The Balaban J connectivity index is 2.11. The molecule has 1 unspecified atom stereocenters. The maximum absolute atomic E-state index is 14.3. The van der Waals surface area contributed by atoms with Crippen LogP contribution in [0, 0.1) is 0 Å². The highest BCUT2D eigenvalue weighted by molar-refractivity contribution is 5.86. The molecule has 5 heteroatoms. The third-order valence-corrected chi connectivity index (χ3v) is 12.5. The monoisotopic (exact) mass is 803 g/mol. The Morgan fingerprint density at radius 3 is 1.19 bits per heavy atom. The lowest BCUT2D eigenvalue weighted by atomic mass is 9.75. The van der Waals surface area contributed by atoms with Crippen LogP contribution in [0.5, 0.6) is 11.5 Å². The van der Waals surface area contributed by atoms with E-state index in [9.17, 15) is 4.79 Å². The van der Waals surface area contributed by atoms with Gasteiger partial charge in [0, 0.05) is 34.8 Å². The minimum Gasteiger partial charge on any atom is -0.496 e. The highest BCUT2D eigenvalue weighted by atomic mass is 16.5. The van der Waals surface area contributed by atoms with Crippen molar-refractivity contribution in [3.8, 4) is 11.5 Å². The van der Waals surface area contributed by atoms with Crippen LogP contribution in [0.2, 0.25) is 0 Å². The van der Waals surface area contributed by atoms with E-state index in [1.165, 1.54) is 110 Å². The molecule has 2 aromatic rings. The smallest absolute Gasteiger partial charge is 0.239 e. The minimum absolute atomic E-state index is 0.116. The molecule has 0 spiro atoms. The summed E-state index contributed by atoms with van der Waals surface area (Å²) >= 11 is 0. The highest BCUT2D eigenvalue weighted by Crippen LogP contribution is 2.51. The number of ether oxygens (including phenoxy) is 2. The maximum Gasteiger partial charge on any atom is 0.239 e. The minimum atomic E-state index is -0.171. The summed E-state index contributed by atoms with van der Waals surface area (Å²) in [6.45, 7) is 32.7. The predicted octanol–water partition coefficient (Wildman–Crippen LogP) is 14.4. The summed E-state index contributed by atoms with van der Waals surface area (Å²) in [6, 6.07) is 9.51. The number of methoxy groups -OCH3 is 2. The number of rotatable bonds is 23. The van der Waals surface area contributed by atoms with E-state index in [0.717, 1.165) is 43.7 Å². The van der Waals surface area contributed by atoms with Gasteiger partial charge in [-0.3, -0.25) is 9.69 Å². The molecule has 1 aliphatic rings. The number of nitrogens with zero attached hydrogens (tertiary/aromatic N) is 1. The fourth-order valence-corrected chi connectivity index (χ4v) is 8.96. The molecule has 1 aliphatic heterocycles. The van der Waals surface area contributed by atoms with Crippen molar-refractivity contribution in [1.29, 1.82) is 0 Å². The first kappa shape index (κ1) is 49.8. The van der Waals surface area contributed by atoms with E-state index in [4.69, 9.17) is 9.47 Å². The first-order valence-corrected chi connectivity index (χ1v) is 23.6. The highest BCUT2D eigenvalue weighted by Gasteiger charge is 2.56. The largest absolute Gasteiger partial charge is 0.496 e. The molecule has 1 saturated heterocycles. The summed E-state index contributed by atoms with van der Waals surface area (Å²) in [5.74, 6) is 2.14. The third kappa shape index (κ3) is 13.8. The van der Waals surface area contributed by atoms with Crippen LogP contribution in [0.4, 0.5) is 0 Å². The molecule has 0 bridgehead atoms. The number of unbranched alkanes of at least 4 members (excludes halogenated alkanes) is 13. The van der Waals surface area contributed by atoms with Crippen LogP contribution in [0.1, 0.15) is 239 Å². The average Bonchev–Trinajstić information content (AvgIpc) is 3.84. The third-order valence-electron chi connectivity index (χ3n) is 12.5.